The fourth-order valence-electron chi connectivity index (χ4n) is 2.87. The van der Waals surface area contributed by atoms with Gasteiger partial charge in [0, 0.05) is 40.7 Å². The molecule has 0 radical (unpaired) electrons. The van der Waals surface area contributed by atoms with E-state index in [-0.39, 0.29) is 0 Å². The summed E-state index contributed by atoms with van der Waals surface area (Å²) in [5.41, 5.74) is 14.4. The van der Waals surface area contributed by atoms with Crippen molar-refractivity contribution in [2.45, 2.75) is 36.3 Å². The van der Waals surface area contributed by atoms with Crippen molar-refractivity contribution in [2.75, 3.05) is 11.5 Å². The molecule has 0 unspecified atom stereocenters. The monoisotopic (exact) mass is 446 g/mol. The summed E-state index contributed by atoms with van der Waals surface area (Å²) in [7, 11) is 0. The highest BCUT2D eigenvalue weighted by Gasteiger charge is 2.04. The number of aryl methyl sites for hydroxylation is 1. The van der Waals surface area contributed by atoms with E-state index in [9.17, 15) is 0 Å². The molecule has 0 saturated heterocycles. The van der Waals surface area contributed by atoms with Crippen molar-refractivity contribution in [3.8, 4) is 0 Å². The van der Waals surface area contributed by atoms with Crippen LogP contribution in [0.25, 0.3) is 0 Å². The zero-order chi connectivity index (χ0) is 20.9. The smallest absolute Gasteiger partial charge is 0.0317 e. The van der Waals surface area contributed by atoms with Gasteiger partial charge in [0.2, 0.25) is 0 Å². The first-order valence-electron chi connectivity index (χ1n) is 9.50. The number of anilines is 2. The molecule has 4 aromatic rings. The van der Waals surface area contributed by atoms with Gasteiger partial charge >= 0.3 is 0 Å². The minimum absolute atomic E-state index is 0.791. The largest absolute Gasteiger partial charge is 0.399 e. The highest BCUT2D eigenvalue weighted by atomic mass is 32.2. The quantitative estimate of drug-likeness (QED) is 0.298. The van der Waals surface area contributed by atoms with Crippen LogP contribution in [0.5, 0.6) is 0 Å². The second-order valence-corrected chi connectivity index (χ2v) is 10.3. The van der Waals surface area contributed by atoms with Gasteiger partial charge in [0.1, 0.15) is 0 Å². The first-order valence-corrected chi connectivity index (χ1v) is 12.0. The molecule has 0 aliphatic carbocycles. The summed E-state index contributed by atoms with van der Waals surface area (Å²) < 4.78 is 0. The Bertz CT molecular complexity index is 1120. The number of rotatable bonds is 6. The first kappa shape index (κ1) is 20.8. The SMILES string of the molecule is Cc1cc(N)ccc1Sc1ccc(Sc2ccc(Sc3ccc(N)cc3)cc2)cc1. The number of nitrogen functional groups attached to an aromatic ring is 2. The molecular weight excluding hydrogens is 424 g/mol. The van der Waals surface area contributed by atoms with Crippen LogP contribution >= 0.6 is 35.3 Å². The van der Waals surface area contributed by atoms with E-state index in [1.807, 2.05) is 36.4 Å². The average molecular weight is 447 g/mol. The summed E-state index contributed by atoms with van der Waals surface area (Å²) in [5.74, 6) is 0. The van der Waals surface area contributed by atoms with Gasteiger partial charge in [-0.2, -0.15) is 0 Å². The topological polar surface area (TPSA) is 52.0 Å². The molecule has 2 nitrogen and oxygen atoms in total. The first-order chi connectivity index (χ1) is 14.5. The number of benzene rings is 4. The molecule has 0 aliphatic rings. The standard InChI is InChI=1S/C25H22N2S3/c1-17-16-19(27)4-15-25(17)30-24-13-11-23(12-14-24)29-22-9-7-21(8-10-22)28-20-5-2-18(26)3-6-20/h2-16H,26-27H2,1H3. The maximum atomic E-state index is 5.85. The van der Waals surface area contributed by atoms with Crippen LogP contribution in [0.15, 0.2) is 120 Å². The second-order valence-electron chi connectivity index (χ2n) is 6.84. The lowest BCUT2D eigenvalue weighted by Gasteiger charge is -2.08. The van der Waals surface area contributed by atoms with Crippen molar-refractivity contribution < 1.29 is 0 Å². The lowest BCUT2D eigenvalue weighted by molar-refractivity contribution is 1.28. The van der Waals surface area contributed by atoms with Gasteiger partial charge in [-0.15, -0.1) is 0 Å². The third kappa shape index (κ3) is 5.57. The minimum Gasteiger partial charge on any atom is -0.399 e. The molecule has 4 aromatic carbocycles. The Labute approximate surface area is 190 Å². The maximum Gasteiger partial charge on any atom is 0.0317 e. The predicted octanol–water partition coefficient (Wildman–Crippen LogP) is 7.61. The van der Waals surface area contributed by atoms with Crippen LogP contribution in [0.3, 0.4) is 0 Å². The van der Waals surface area contributed by atoms with Gasteiger partial charge in [-0.3, -0.25) is 0 Å². The van der Waals surface area contributed by atoms with Crippen LogP contribution < -0.4 is 11.5 Å². The molecule has 0 fully saturated rings. The Kier molecular flexibility index (Phi) is 6.62. The summed E-state index contributed by atoms with van der Waals surface area (Å²) in [5, 5.41) is 0. The summed E-state index contributed by atoms with van der Waals surface area (Å²) in [4.78, 5) is 7.32. The second kappa shape index (κ2) is 9.56. The van der Waals surface area contributed by atoms with E-state index in [1.165, 1.54) is 34.9 Å². The number of hydrogen-bond donors (Lipinski definition) is 2. The molecule has 30 heavy (non-hydrogen) atoms. The van der Waals surface area contributed by atoms with Crippen LogP contribution in [-0.4, -0.2) is 0 Å². The molecule has 0 aliphatic heterocycles. The molecule has 5 heteroatoms. The van der Waals surface area contributed by atoms with Crippen LogP contribution in [0.4, 0.5) is 11.4 Å². The lowest BCUT2D eigenvalue weighted by Crippen LogP contribution is -1.87. The van der Waals surface area contributed by atoms with E-state index in [4.69, 9.17) is 11.5 Å². The third-order valence-corrected chi connectivity index (χ3v) is 7.64. The summed E-state index contributed by atoms with van der Waals surface area (Å²) >= 11 is 5.28. The van der Waals surface area contributed by atoms with Crippen molar-refractivity contribution in [3.63, 3.8) is 0 Å². The minimum atomic E-state index is 0.791. The fraction of sp³-hybridized carbons (Fsp3) is 0.0400. The molecule has 150 valence electrons. The molecule has 0 saturated carbocycles. The highest BCUT2D eigenvalue weighted by Crippen LogP contribution is 2.35. The van der Waals surface area contributed by atoms with Crippen molar-refractivity contribution in [1.29, 1.82) is 0 Å². The molecule has 0 aromatic heterocycles. The normalized spacial score (nSPS) is 10.8. The summed E-state index contributed by atoms with van der Waals surface area (Å²) in [6.07, 6.45) is 0. The van der Waals surface area contributed by atoms with Crippen LogP contribution in [0.2, 0.25) is 0 Å². The predicted molar refractivity (Wildman–Crippen MR) is 132 cm³/mol. The Morgan fingerprint density at radius 1 is 0.467 bits per heavy atom. The Balaban J connectivity index is 1.37. The number of nitrogens with two attached hydrogens (primary N) is 2. The highest BCUT2D eigenvalue weighted by molar-refractivity contribution is 8.00. The van der Waals surface area contributed by atoms with Gasteiger partial charge < -0.3 is 11.5 Å². The van der Waals surface area contributed by atoms with Crippen molar-refractivity contribution in [3.05, 3.63) is 96.6 Å². The molecule has 0 spiro atoms. The van der Waals surface area contributed by atoms with Gasteiger partial charge in [-0.25, -0.2) is 0 Å². The van der Waals surface area contributed by atoms with Gasteiger partial charge in [-0.1, -0.05) is 35.3 Å². The Morgan fingerprint density at radius 2 is 0.833 bits per heavy atom. The Morgan fingerprint density at radius 3 is 1.27 bits per heavy atom. The van der Waals surface area contributed by atoms with Gasteiger partial charge in [0.15, 0.2) is 0 Å². The van der Waals surface area contributed by atoms with E-state index in [0.717, 1.165) is 11.4 Å². The molecule has 0 bridgehead atoms. The number of hydrogen-bond acceptors (Lipinski definition) is 5. The van der Waals surface area contributed by atoms with Crippen LogP contribution in [0.1, 0.15) is 5.56 Å². The summed E-state index contributed by atoms with van der Waals surface area (Å²) in [6.45, 7) is 2.10. The third-order valence-electron chi connectivity index (χ3n) is 4.43. The molecule has 0 amide bonds. The van der Waals surface area contributed by atoms with E-state index in [0.29, 0.717) is 0 Å². The fourth-order valence-corrected chi connectivity index (χ4v) is 5.39. The zero-order valence-corrected chi connectivity index (χ0v) is 19.0. The van der Waals surface area contributed by atoms with Gasteiger partial charge in [-0.05, 0) is 103 Å². The van der Waals surface area contributed by atoms with Gasteiger partial charge in [0.25, 0.3) is 0 Å². The van der Waals surface area contributed by atoms with Crippen LogP contribution in [-0.2, 0) is 0 Å². The van der Waals surface area contributed by atoms with E-state index < -0.39 is 0 Å². The van der Waals surface area contributed by atoms with E-state index >= 15 is 0 Å². The maximum absolute atomic E-state index is 5.85. The molecule has 4 N–H and O–H groups in total. The van der Waals surface area contributed by atoms with Gasteiger partial charge in [0.05, 0.1) is 0 Å². The average Bonchev–Trinajstić information content (AvgIpc) is 2.74. The van der Waals surface area contributed by atoms with Crippen LogP contribution in [0, 0.1) is 6.92 Å². The van der Waals surface area contributed by atoms with E-state index in [1.54, 1.807) is 35.3 Å². The van der Waals surface area contributed by atoms with E-state index in [2.05, 4.69) is 61.5 Å². The zero-order valence-electron chi connectivity index (χ0n) is 16.5. The molecular formula is C25H22N2S3. The van der Waals surface area contributed by atoms with Crippen molar-refractivity contribution in [1.82, 2.24) is 0 Å². The Hall–Kier alpha value is -2.47. The lowest BCUT2D eigenvalue weighted by atomic mass is 10.2. The molecule has 4 rings (SSSR count). The molecule has 0 heterocycles. The van der Waals surface area contributed by atoms with Crippen molar-refractivity contribution >= 4 is 46.7 Å². The molecule has 0 atom stereocenters. The summed E-state index contributed by atoms with van der Waals surface area (Å²) in [6, 6.07) is 31.4. The van der Waals surface area contributed by atoms with Crippen molar-refractivity contribution in [2.24, 2.45) is 0 Å².